The summed E-state index contributed by atoms with van der Waals surface area (Å²) in [5.74, 6) is 0. The normalized spacial score (nSPS) is 11.1. The highest BCUT2D eigenvalue weighted by molar-refractivity contribution is 6.30. The van der Waals surface area contributed by atoms with Crippen molar-refractivity contribution in [3.8, 4) is 22.5 Å². The van der Waals surface area contributed by atoms with Gasteiger partial charge < -0.3 is 0 Å². The maximum atomic E-state index is 6.07. The smallest absolute Gasteiger partial charge is 0.0973 e. The Bertz CT molecular complexity index is 1010. The number of aryl methyl sites for hydroxylation is 3. The minimum absolute atomic E-state index is 0.714. The highest BCUT2D eigenvalue weighted by atomic mass is 35.5. The first-order chi connectivity index (χ1) is 12.5. The van der Waals surface area contributed by atoms with Crippen molar-refractivity contribution in [2.75, 3.05) is 0 Å². The second kappa shape index (κ2) is 6.54. The van der Waals surface area contributed by atoms with Crippen LogP contribution < -0.4 is 0 Å². The van der Waals surface area contributed by atoms with E-state index in [1.807, 2.05) is 24.3 Å². The van der Waals surface area contributed by atoms with Gasteiger partial charge in [0.1, 0.15) is 0 Å². The number of nitrogens with zero attached hydrogens (tertiary/aromatic N) is 2. The summed E-state index contributed by atoms with van der Waals surface area (Å²) in [6.45, 7) is 6.30. The summed E-state index contributed by atoms with van der Waals surface area (Å²) in [4.78, 5) is 9.95. The molecular formula is C23H19ClN2. The molecule has 0 amide bonds. The van der Waals surface area contributed by atoms with Crippen LogP contribution in [0.25, 0.3) is 33.5 Å². The number of hydrogen-bond donors (Lipinski definition) is 0. The van der Waals surface area contributed by atoms with Crippen LogP contribution >= 0.6 is 11.6 Å². The van der Waals surface area contributed by atoms with Gasteiger partial charge >= 0.3 is 0 Å². The second-order valence-corrected chi connectivity index (χ2v) is 7.16. The van der Waals surface area contributed by atoms with Gasteiger partial charge in [-0.1, -0.05) is 53.6 Å². The molecule has 0 spiro atoms. The van der Waals surface area contributed by atoms with Crippen molar-refractivity contribution >= 4 is 22.6 Å². The molecular weight excluding hydrogens is 340 g/mol. The minimum atomic E-state index is 0.714. The lowest BCUT2D eigenvalue weighted by Gasteiger charge is -2.12. The van der Waals surface area contributed by atoms with Gasteiger partial charge in [0.05, 0.1) is 22.4 Å². The van der Waals surface area contributed by atoms with E-state index >= 15 is 0 Å². The van der Waals surface area contributed by atoms with Gasteiger partial charge in [0.2, 0.25) is 0 Å². The molecule has 0 aliphatic carbocycles. The molecule has 0 saturated heterocycles. The second-order valence-electron chi connectivity index (χ2n) is 6.72. The molecule has 0 bridgehead atoms. The van der Waals surface area contributed by atoms with Crippen LogP contribution in [0.4, 0.5) is 0 Å². The van der Waals surface area contributed by atoms with E-state index < -0.39 is 0 Å². The summed E-state index contributed by atoms with van der Waals surface area (Å²) in [6.07, 6.45) is 0. The molecule has 0 unspecified atom stereocenters. The average Bonchev–Trinajstić information content (AvgIpc) is 2.63. The predicted molar refractivity (Wildman–Crippen MR) is 110 cm³/mol. The third kappa shape index (κ3) is 3.09. The van der Waals surface area contributed by atoms with Crippen LogP contribution in [0, 0.1) is 20.8 Å². The zero-order valence-corrected chi connectivity index (χ0v) is 15.8. The van der Waals surface area contributed by atoms with Crippen LogP contribution in [0.2, 0.25) is 5.02 Å². The van der Waals surface area contributed by atoms with Gasteiger partial charge in [-0.05, 0) is 56.2 Å². The molecule has 0 fully saturated rings. The van der Waals surface area contributed by atoms with Crippen LogP contribution in [-0.2, 0) is 0 Å². The molecule has 0 atom stereocenters. The summed E-state index contributed by atoms with van der Waals surface area (Å²) in [7, 11) is 0. The number of aromatic nitrogens is 2. The number of halogens is 1. The predicted octanol–water partition coefficient (Wildman–Crippen LogP) is 6.54. The van der Waals surface area contributed by atoms with Gasteiger partial charge in [-0.15, -0.1) is 0 Å². The summed E-state index contributed by atoms with van der Waals surface area (Å²) in [5.41, 5.74) is 9.34. The molecule has 3 heteroatoms. The quantitative estimate of drug-likeness (QED) is 0.406. The monoisotopic (exact) mass is 358 g/mol. The van der Waals surface area contributed by atoms with Gasteiger partial charge in [0, 0.05) is 16.1 Å². The lowest BCUT2D eigenvalue weighted by molar-refractivity contribution is 1.26. The van der Waals surface area contributed by atoms with E-state index in [4.69, 9.17) is 21.6 Å². The van der Waals surface area contributed by atoms with Crippen molar-refractivity contribution in [1.29, 1.82) is 0 Å². The Hall–Kier alpha value is -2.71. The summed E-state index contributed by atoms with van der Waals surface area (Å²) < 4.78 is 0. The van der Waals surface area contributed by atoms with E-state index in [9.17, 15) is 0 Å². The first-order valence-corrected chi connectivity index (χ1v) is 9.01. The molecule has 0 saturated carbocycles. The van der Waals surface area contributed by atoms with Crippen molar-refractivity contribution in [3.05, 3.63) is 82.4 Å². The number of fused-ring (bicyclic) bond motifs is 1. The van der Waals surface area contributed by atoms with Crippen molar-refractivity contribution in [2.24, 2.45) is 0 Å². The van der Waals surface area contributed by atoms with E-state index in [0.29, 0.717) is 5.02 Å². The average molecular weight is 359 g/mol. The van der Waals surface area contributed by atoms with Crippen LogP contribution in [0.3, 0.4) is 0 Å². The Balaban J connectivity index is 2.02. The Kier molecular flexibility index (Phi) is 4.21. The highest BCUT2D eigenvalue weighted by Crippen LogP contribution is 2.32. The molecule has 0 aliphatic rings. The maximum Gasteiger partial charge on any atom is 0.0973 e. The Labute approximate surface area is 158 Å². The fraction of sp³-hybridized carbons (Fsp3) is 0.130. The van der Waals surface area contributed by atoms with E-state index in [1.54, 1.807) is 0 Å². The lowest BCUT2D eigenvalue weighted by Crippen LogP contribution is -1.97. The molecule has 3 aromatic carbocycles. The molecule has 128 valence electrons. The standard InChI is InChI=1S/C23H19ClN2/c1-14-4-6-17(7-5-14)22-23(18-8-10-19(24)11-9-18)26-21-13-16(3)15(2)12-20(21)25-22/h4-13H,1-3H3. The van der Waals surface area contributed by atoms with E-state index in [2.05, 4.69) is 57.2 Å². The van der Waals surface area contributed by atoms with Crippen LogP contribution in [0.15, 0.2) is 60.7 Å². The lowest BCUT2D eigenvalue weighted by atomic mass is 10.0. The van der Waals surface area contributed by atoms with Crippen molar-refractivity contribution in [1.82, 2.24) is 9.97 Å². The largest absolute Gasteiger partial charge is 0.244 e. The Morgan fingerprint density at radius 3 is 1.50 bits per heavy atom. The minimum Gasteiger partial charge on any atom is -0.244 e. The maximum absolute atomic E-state index is 6.07. The third-order valence-corrected chi connectivity index (χ3v) is 4.97. The van der Waals surface area contributed by atoms with E-state index in [-0.39, 0.29) is 0 Å². The molecule has 4 aromatic rings. The van der Waals surface area contributed by atoms with Crippen molar-refractivity contribution < 1.29 is 0 Å². The topological polar surface area (TPSA) is 25.8 Å². The molecule has 0 N–H and O–H groups in total. The fourth-order valence-electron chi connectivity index (χ4n) is 3.03. The van der Waals surface area contributed by atoms with E-state index in [0.717, 1.165) is 33.5 Å². The Morgan fingerprint density at radius 1 is 0.615 bits per heavy atom. The van der Waals surface area contributed by atoms with Crippen molar-refractivity contribution in [3.63, 3.8) is 0 Å². The van der Waals surface area contributed by atoms with Gasteiger partial charge in [0.25, 0.3) is 0 Å². The molecule has 1 heterocycles. The van der Waals surface area contributed by atoms with Crippen LogP contribution in [0.5, 0.6) is 0 Å². The number of rotatable bonds is 2. The summed E-state index contributed by atoms with van der Waals surface area (Å²) in [6, 6.07) is 20.4. The highest BCUT2D eigenvalue weighted by Gasteiger charge is 2.14. The van der Waals surface area contributed by atoms with E-state index in [1.165, 1.54) is 16.7 Å². The molecule has 2 nitrogen and oxygen atoms in total. The van der Waals surface area contributed by atoms with Gasteiger partial charge in [-0.25, -0.2) is 9.97 Å². The molecule has 0 aliphatic heterocycles. The SMILES string of the molecule is Cc1ccc(-c2nc3cc(C)c(C)cc3nc2-c2ccc(Cl)cc2)cc1. The molecule has 4 rings (SSSR count). The fourth-order valence-corrected chi connectivity index (χ4v) is 3.16. The summed E-state index contributed by atoms with van der Waals surface area (Å²) in [5, 5.41) is 0.714. The number of hydrogen-bond acceptors (Lipinski definition) is 2. The Morgan fingerprint density at radius 2 is 1.04 bits per heavy atom. The molecule has 0 radical (unpaired) electrons. The molecule has 1 aromatic heterocycles. The summed E-state index contributed by atoms with van der Waals surface area (Å²) >= 11 is 6.07. The zero-order valence-electron chi connectivity index (χ0n) is 15.0. The van der Waals surface area contributed by atoms with Crippen molar-refractivity contribution in [2.45, 2.75) is 20.8 Å². The van der Waals surface area contributed by atoms with Crippen LogP contribution in [0.1, 0.15) is 16.7 Å². The first-order valence-electron chi connectivity index (χ1n) is 8.63. The first kappa shape index (κ1) is 16.7. The third-order valence-electron chi connectivity index (χ3n) is 4.72. The molecule has 26 heavy (non-hydrogen) atoms. The number of benzene rings is 3. The van der Waals surface area contributed by atoms with Gasteiger partial charge in [-0.3, -0.25) is 0 Å². The zero-order chi connectivity index (χ0) is 18.3. The van der Waals surface area contributed by atoms with Gasteiger partial charge in [-0.2, -0.15) is 0 Å². The van der Waals surface area contributed by atoms with Crippen LogP contribution in [-0.4, -0.2) is 9.97 Å². The van der Waals surface area contributed by atoms with Gasteiger partial charge in [0.15, 0.2) is 0 Å².